The summed E-state index contributed by atoms with van der Waals surface area (Å²) < 4.78 is 1.49. The Labute approximate surface area is 156 Å². The van der Waals surface area contributed by atoms with Crippen LogP contribution in [0.3, 0.4) is 0 Å². The van der Waals surface area contributed by atoms with Crippen LogP contribution in [0, 0.1) is 0 Å². The molecule has 3 N–H and O–H groups in total. The third kappa shape index (κ3) is 3.74. The van der Waals surface area contributed by atoms with E-state index < -0.39 is 0 Å². The Hall–Kier alpha value is -3.41. The maximum Gasteiger partial charge on any atom is 0.280 e. The number of nitrogens with two attached hydrogens (primary N) is 1. The molecule has 0 radical (unpaired) electrons. The summed E-state index contributed by atoms with van der Waals surface area (Å²) in [6.45, 7) is 0.482. The van der Waals surface area contributed by atoms with Crippen molar-refractivity contribution in [3.8, 4) is 0 Å². The first-order valence-electron chi connectivity index (χ1n) is 9.02. The van der Waals surface area contributed by atoms with Crippen molar-refractivity contribution in [2.24, 2.45) is 0 Å². The number of aryl methyl sites for hydroxylation is 3. The van der Waals surface area contributed by atoms with Gasteiger partial charge in [-0.05, 0) is 36.0 Å². The van der Waals surface area contributed by atoms with Gasteiger partial charge in [-0.25, -0.2) is 4.98 Å². The lowest BCUT2D eigenvalue weighted by Crippen LogP contribution is -2.25. The van der Waals surface area contributed by atoms with Crippen LogP contribution in [0.25, 0.3) is 11.2 Å². The monoisotopic (exact) mass is 359 g/mol. The maximum absolute atomic E-state index is 12.5. The van der Waals surface area contributed by atoms with Crippen LogP contribution in [-0.4, -0.2) is 19.5 Å². The van der Waals surface area contributed by atoms with Crippen LogP contribution >= 0.6 is 0 Å². The lowest BCUT2D eigenvalue weighted by molar-refractivity contribution is 0.673. The topological polar surface area (TPSA) is 89.6 Å². The molecule has 4 aromatic rings. The number of imidazole rings is 1. The first-order chi connectivity index (χ1) is 13.2. The second kappa shape index (κ2) is 7.45. The van der Waals surface area contributed by atoms with Crippen LogP contribution in [-0.2, 0) is 25.8 Å². The molecule has 0 fully saturated rings. The van der Waals surface area contributed by atoms with Crippen molar-refractivity contribution < 1.29 is 0 Å². The normalized spacial score (nSPS) is 11.1. The molecule has 0 unspecified atom stereocenters. The Bertz CT molecular complexity index is 1100. The van der Waals surface area contributed by atoms with E-state index in [1.54, 1.807) is 0 Å². The summed E-state index contributed by atoms with van der Waals surface area (Å²) in [6.07, 6.45) is 4.21. The summed E-state index contributed by atoms with van der Waals surface area (Å²) in [4.78, 5) is 23.5. The minimum absolute atomic E-state index is 0.186. The second-order valence-electron chi connectivity index (χ2n) is 6.58. The number of nitrogens with zero attached hydrogens (tertiary/aromatic N) is 3. The van der Waals surface area contributed by atoms with Gasteiger partial charge in [0.1, 0.15) is 0 Å². The molecule has 4 rings (SSSR count). The van der Waals surface area contributed by atoms with E-state index in [9.17, 15) is 4.79 Å². The molecule has 2 aromatic carbocycles. The highest BCUT2D eigenvalue weighted by Gasteiger charge is 2.10. The third-order valence-electron chi connectivity index (χ3n) is 4.77. The molecule has 0 bridgehead atoms. The van der Waals surface area contributed by atoms with Crippen LogP contribution in [0.1, 0.15) is 16.7 Å². The molecule has 27 heavy (non-hydrogen) atoms. The average Bonchev–Trinajstić information content (AvgIpc) is 3.16. The number of nitrogens with one attached hydrogen (secondary N) is 1. The minimum atomic E-state index is -0.186. The van der Waals surface area contributed by atoms with E-state index in [1.807, 2.05) is 6.07 Å². The van der Waals surface area contributed by atoms with Gasteiger partial charge in [0.15, 0.2) is 11.2 Å². The summed E-state index contributed by atoms with van der Waals surface area (Å²) in [5.74, 6) is 0.194. The molecule has 2 aromatic heterocycles. The number of anilines is 1. The molecule has 136 valence electrons. The zero-order chi connectivity index (χ0) is 18.6. The smallest absolute Gasteiger partial charge is 0.280 e. The molecule has 0 saturated heterocycles. The second-order valence-corrected chi connectivity index (χ2v) is 6.58. The molecule has 0 spiro atoms. The molecule has 0 aliphatic rings. The highest BCUT2D eigenvalue weighted by Crippen LogP contribution is 2.11. The number of nitrogen functional groups attached to an aromatic ring is 1. The van der Waals surface area contributed by atoms with Crippen molar-refractivity contribution in [2.45, 2.75) is 25.8 Å². The molecule has 0 aliphatic carbocycles. The Balaban J connectivity index is 1.41. The van der Waals surface area contributed by atoms with Crippen LogP contribution in [0.15, 0.2) is 65.7 Å². The fourth-order valence-electron chi connectivity index (χ4n) is 3.20. The third-order valence-corrected chi connectivity index (χ3v) is 4.77. The molecule has 2 heterocycles. The van der Waals surface area contributed by atoms with Crippen LogP contribution in [0.5, 0.6) is 0 Å². The van der Waals surface area contributed by atoms with E-state index in [1.165, 1.54) is 22.0 Å². The van der Waals surface area contributed by atoms with Gasteiger partial charge in [0, 0.05) is 6.54 Å². The summed E-state index contributed by atoms with van der Waals surface area (Å²) in [7, 11) is 0. The van der Waals surface area contributed by atoms with Crippen molar-refractivity contribution in [1.29, 1.82) is 0 Å². The fraction of sp³-hybridized carbons (Fsp3) is 0.190. The number of hydrogen-bond acceptors (Lipinski definition) is 4. The van der Waals surface area contributed by atoms with Crippen molar-refractivity contribution in [3.63, 3.8) is 0 Å². The van der Waals surface area contributed by atoms with Gasteiger partial charge in [-0.1, -0.05) is 54.6 Å². The highest BCUT2D eigenvalue weighted by molar-refractivity contribution is 5.69. The van der Waals surface area contributed by atoms with Gasteiger partial charge in [0.05, 0.1) is 6.33 Å². The molecule has 0 atom stereocenters. The number of aromatic nitrogens is 4. The van der Waals surface area contributed by atoms with E-state index in [0.717, 1.165) is 18.4 Å². The summed E-state index contributed by atoms with van der Waals surface area (Å²) >= 11 is 0. The predicted molar refractivity (Wildman–Crippen MR) is 107 cm³/mol. The summed E-state index contributed by atoms with van der Waals surface area (Å²) in [5.41, 5.74) is 10.3. The Morgan fingerprint density at radius 1 is 0.889 bits per heavy atom. The predicted octanol–water partition coefficient (Wildman–Crippen LogP) is 2.73. The minimum Gasteiger partial charge on any atom is -0.369 e. The van der Waals surface area contributed by atoms with Crippen LogP contribution < -0.4 is 11.3 Å². The number of fused-ring (bicyclic) bond motifs is 1. The number of rotatable bonds is 6. The molecule has 6 heteroatoms. The summed E-state index contributed by atoms with van der Waals surface area (Å²) in [6, 6.07) is 19.0. The quantitative estimate of drug-likeness (QED) is 0.554. The van der Waals surface area contributed by atoms with Crippen molar-refractivity contribution in [3.05, 3.63) is 88.0 Å². The van der Waals surface area contributed by atoms with Gasteiger partial charge in [-0.15, -0.1) is 0 Å². The largest absolute Gasteiger partial charge is 0.369 e. The lowest BCUT2D eigenvalue weighted by atomic mass is 10.0. The van der Waals surface area contributed by atoms with Crippen LogP contribution in [0.4, 0.5) is 5.95 Å². The fourth-order valence-corrected chi connectivity index (χ4v) is 3.20. The van der Waals surface area contributed by atoms with Gasteiger partial charge in [0.25, 0.3) is 5.56 Å². The van der Waals surface area contributed by atoms with Crippen molar-refractivity contribution in [2.75, 3.05) is 5.73 Å². The average molecular weight is 359 g/mol. The molecule has 0 saturated carbocycles. The number of H-pyrrole nitrogens is 1. The van der Waals surface area contributed by atoms with E-state index in [-0.39, 0.29) is 11.5 Å². The molecule has 0 aliphatic heterocycles. The van der Waals surface area contributed by atoms with E-state index in [2.05, 4.69) is 63.5 Å². The number of aromatic amines is 1. The lowest BCUT2D eigenvalue weighted by Gasteiger charge is -2.09. The Morgan fingerprint density at radius 3 is 2.22 bits per heavy atom. The first-order valence-corrected chi connectivity index (χ1v) is 9.02. The standard InChI is InChI=1S/C21H21N5O/c22-21-25-19-18(23-14-24-19)20(27)26(21)13-12-17-10-8-16(9-11-17)7-6-15-4-2-1-3-5-15/h1-5,8-11,14H,6-7,12-13H2,(H2,22,25)(H,23,24). The van der Waals surface area contributed by atoms with E-state index >= 15 is 0 Å². The Kier molecular flexibility index (Phi) is 4.70. The summed E-state index contributed by atoms with van der Waals surface area (Å²) in [5, 5.41) is 0. The van der Waals surface area contributed by atoms with Gasteiger partial charge in [-0.3, -0.25) is 9.36 Å². The molecule has 0 amide bonds. The van der Waals surface area contributed by atoms with Gasteiger partial charge >= 0.3 is 0 Å². The van der Waals surface area contributed by atoms with E-state index in [4.69, 9.17) is 5.73 Å². The van der Waals surface area contributed by atoms with Gasteiger partial charge < -0.3 is 10.7 Å². The zero-order valence-electron chi connectivity index (χ0n) is 14.9. The SMILES string of the molecule is Nc1nc2nc[nH]c2c(=O)n1CCc1ccc(CCc2ccccc2)cc1. The van der Waals surface area contributed by atoms with Crippen LogP contribution in [0.2, 0.25) is 0 Å². The molecular formula is C21H21N5O. The van der Waals surface area contributed by atoms with E-state index in [0.29, 0.717) is 24.1 Å². The first kappa shape index (κ1) is 17.0. The van der Waals surface area contributed by atoms with Gasteiger partial charge in [-0.2, -0.15) is 4.98 Å². The molecule has 6 nitrogen and oxygen atoms in total. The maximum atomic E-state index is 12.5. The zero-order valence-corrected chi connectivity index (χ0v) is 14.9. The number of benzene rings is 2. The molecular weight excluding hydrogens is 338 g/mol. The van der Waals surface area contributed by atoms with Crippen molar-refractivity contribution >= 4 is 17.1 Å². The van der Waals surface area contributed by atoms with Crippen molar-refractivity contribution in [1.82, 2.24) is 19.5 Å². The Morgan fingerprint density at radius 2 is 1.52 bits per heavy atom. The highest BCUT2D eigenvalue weighted by atomic mass is 16.1. The number of hydrogen-bond donors (Lipinski definition) is 2. The van der Waals surface area contributed by atoms with Gasteiger partial charge in [0.2, 0.25) is 5.95 Å².